The van der Waals surface area contributed by atoms with Crippen LogP contribution in [0.1, 0.15) is 63.5 Å². The number of carbonyl (C=O) groups is 2. The number of Topliss-reactive ketones (excluding diaryl/α,β-unsaturated/α-hetero) is 1. The van der Waals surface area contributed by atoms with Crippen molar-refractivity contribution in [2.75, 3.05) is 24.5 Å². The Morgan fingerprint density at radius 2 is 1.66 bits per heavy atom. The lowest BCUT2D eigenvalue weighted by atomic mass is 9.88. The number of carbonyl (C=O) groups excluding carboxylic acids is 2. The van der Waals surface area contributed by atoms with Gasteiger partial charge in [-0.1, -0.05) is 81.6 Å². The minimum absolute atomic E-state index is 0.0721. The molecule has 0 spiro atoms. The molecule has 4 rings (SSSR count). The third-order valence-corrected chi connectivity index (χ3v) is 7.40. The van der Waals surface area contributed by atoms with E-state index in [4.69, 9.17) is 0 Å². The van der Waals surface area contributed by atoms with E-state index in [9.17, 15) is 9.59 Å². The molecule has 0 unspecified atom stereocenters. The Hall–Kier alpha value is -2.66. The van der Waals surface area contributed by atoms with Gasteiger partial charge in [-0.15, -0.1) is 0 Å². The highest BCUT2D eigenvalue weighted by molar-refractivity contribution is 5.91. The van der Waals surface area contributed by atoms with Crippen LogP contribution in [0.3, 0.4) is 0 Å². The molecule has 2 aromatic rings. The van der Waals surface area contributed by atoms with Crippen LogP contribution in [0, 0.1) is 11.8 Å². The largest absolute Gasteiger partial charge is 0.366 e. The highest BCUT2D eigenvalue weighted by Gasteiger charge is 2.29. The number of ketones is 1. The van der Waals surface area contributed by atoms with Gasteiger partial charge in [0.2, 0.25) is 5.91 Å². The zero-order chi connectivity index (χ0) is 24.6. The first kappa shape index (κ1) is 25.4. The Balaban J connectivity index is 1.43. The molecule has 1 aliphatic heterocycles. The molecular formula is C30H41N3O2. The molecule has 5 heteroatoms. The van der Waals surface area contributed by atoms with Crippen LogP contribution in [0.2, 0.25) is 0 Å². The Kier molecular flexibility index (Phi) is 8.97. The fraction of sp³-hybridized carbons (Fsp3) is 0.533. The SMILES string of the molecule is CC(C)C[C@H](NC(=O)C1CCCCC1)C(=O)CN1CCN(Cc2ccccc2)c2ccccc2C1. The molecule has 1 fully saturated rings. The van der Waals surface area contributed by atoms with Crippen molar-refractivity contribution in [2.24, 2.45) is 11.8 Å². The van der Waals surface area contributed by atoms with Gasteiger partial charge in [-0.05, 0) is 42.4 Å². The van der Waals surface area contributed by atoms with Crippen LogP contribution in [0.4, 0.5) is 5.69 Å². The summed E-state index contributed by atoms with van der Waals surface area (Å²) in [5.41, 5.74) is 3.78. The Labute approximate surface area is 210 Å². The molecule has 1 atom stereocenters. The second kappa shape index (κ2) is 12.3. The summed E-state index contributed by atoms with van der Waals surface area (Å²) in [7, 11) is 0. The summed E-state index contributed by atoms with van der Waals surface area (Å²) in [4.78, 5) is 31.1. The van der Waals surface area contributed by atoms with Gasteiger partial charge in [0.25, 0.3) is 0 Å². The van der Waals surface area contributed by atoms with E-state index in [1.165, 1.54) is 23.2 Å². The number of hydrogen-bond donors (Lipinski definition) is 1. The molecule has 188 valence electrons. The van der Waals surface area contributed by atoms with E-state index in [1.807, 2.05) is 6.07 Å². The summed E-state index contributed by atoms with van der Waals surface area (Å²) in [6.45, 7) is 7.90. The number of hydrogen-bond acceptors (Lipinski definition) is 4. The fourth-order valence-electron chi connectivity index (χ4n) is 5.49. The number of nitrogens with one attached hydrogen (secondary N) is 1. The van der Waals surface area contributed by atoms with E-state index in [1.54, 1.807) is 0 Å². The standard InChI is InChI=1S/C30H41N3O2/c1-23(2)19-27(31-30(35)25-13-7-4-8-14-25)29(34)22-32-17-18-33(20-24-11-5-3-6-12-24)28-16-10-9-15-26(28)21-32/h3,5-6,9-12,15-16,23,25,27H,4,7-8,13-14,17-22H2,1-2H3,(H,31,35)/t27-/m0/s1. The predicted molar refractivity (Wildman–Crippen MR) is 142 cm³/mol. The predicted octanol–water partition coefficient (Wildman–Crippen LogP) is 5.19. The molecule has 5 nitrogen and oxygen atoms in total. The van der Waals surface area contributed by atoms with Crippen LogP contribution in [0.25, 0.3) is 0 Å². The number of anilines is 1. The van der Waals surface area contributed by atoms with Crippen molar-refractivity contribution in [2.45, 2.75) is 71.5 Å². The molecule has 35 heavy (non-hydrogen) atoms. The van der Waals surface area contributed by atoms with Crippen molar-refractivity contribution in [3.05, 3.63) is 65.7 Å². The minimum Gasteiger partial charge on any atom is -0.366 e. The Bertz CT molecular complexity index is 969. The van der Waals surface area contributed by atoms with Crippen molar-refractivity contribution in [1.82, 2.24) is 10.2 Å². The van der Waals surface area contributed by atoms with E-state index in [-0.39, 0.29) is 17.6 Å². The normalized spacial score (nSPS) is 18.1. The molecule has 0 saturated heterocycles. The highest BCUT2D eigenvalue weighted by atomic mass is 16.2. The number of benzene rings is 2. The number of nitrogens with zero attached hydrogens (tertiary/aromatic N) is 2. The second-order valence-corrected chi connectivity index (χ2v) is 10.7. The molecule has 1 amide bonds. The minimum atomic E-state index is -0.400. The summed E-state index contributed by atoms with van der Waals surface area (Å²) >= 11 is 0. The first-order valence-corrected chi connectivity index (χ1v) is 13.4. The molecule has 0 radical (unpaired) electrons. The Morgan fingerprint density at radius 1 is 0.943 bits per heavy atom. The average molecular weight is 476 g/mol. The Morgan fingerprint density at radius 3 is 2.40 bits per heavy atom. The summed E-state index contributed by atoms with van der Waals surface area (Å²) < 4.78 is 0. The van der Waals surface area contributed by atoms with Gasteiger partial charge in [-0.2, -0.15) is 0 Å². The van der Waals surface area contributed by atoms with Gasteiger partial charge in [-0.25, -0.2) is 0 Å². The number of fused-ring (bicyclic) bond motifs is 1. The molecule has 1 aliphatic carbocycles. The van der Waals surface area contributed by atoms with Crippen molar-refractivity contribution in [3.63, 3.8) is 0 Å². The van der Waals surface area contributed by atoms with Gasteiger partial charge in [-0.3, -0.25) is 14.5 Å². The lowest BCUT2D eigenvalue weighted by Crippen LogP contribution is -2.48. The van der Waals surface area contributed by atoms with Gasteiger partial charge >= 0.3 is 0 Å². The van der Waals surface area contributed by atoms with Crippen LogP contribution in [-0.2, 0) is 22.7 Å². The van der Waals surface area contributed by atoms with Gasteiger partial charge < -0.3 is 10.2 Å². The lowest BCUT2D eigenvalue weighted by molar-refractivity contribution is -0.131. The monoisotopic (exact) mass is 475 g/mol. The van der Waals surface area contributed by atoms with E-state index in [0.717, 1.165) is 51.9 Å². The average Bonchev–Trinajstić information content (AvgIpc) is 3.03. The molecule has 1 N–H and O–H groups in total. The van der Waals surface area contributed by atoms with E-state index >= 15 is 0 Å². The summed E-state index contributed by atoms with van der Waals surface area (Å²) in [5, 5.41) is 3.16. The van der Waals surface area contributed by atoms with E-state index in [0.29, 0.717) is 18.9 Å². The molecule has 1 heterocycles. The first-order valence-electron chi connectivity index (χ1n) is 13.4. The molecule has 0 aromatic heterocycles. The van der Waals surface area contributed by atoms with Crippen molar-refractivity contribution < 1.29 is 9.59 Å². The van der Waals surface area contributed by atoms with Gasteiger partial charge in [0.05, 0.1) is 12.6 Å². The quantitative estimate of drug-likeness (QED) is 0.542. The smallest absolute Gasteiger partial charge is 0.223 e. The maximum atomic E-state index is 13.5. The van der Waals surface area contributed by atoms with Crippen LogP contribution in [0.5, 0.6) is 0 Å². The van der Waals surface area contributed by atoms with Gasteiger partial charge in [0.15, 0.2) is 5.78 Å². The molecule has 2 aliphatic rings. The fourth-order valence-corrected chi connectivity index (χ4v) is 5.49. The zero-order valence-electron chi connectivity index (χ0n) is 21.4. The number of rotatable bonds is 9. The highest BCUT2D eigenvalue weighted by Crippen LogP contribution is 2.27. The maximum Gasteiger partial charge on any atom is 0.223 e. The number of para-hydroxylation sites is 1. The zero-order valence-corrected chi connectivity index (χ0v) is 21.4. The van der Waals surface area contributed by atoms with Crippen molar-refractivity contribution >= 4 is 17.4 Å². The number of amides is 1. The third-order valence-electron chi connectivity index (χ3n) is 7.40. The second-order valence-electron chi connectivity index (χ2n) is 10.7. The third kappa shape index (κ3) is 7.17. The molecule has 1 saturated carbocycles. The van der Waals surface area contributed by atoms with Crippen LogP contribution >= 0.6 is 0 Å². The molecule has 0 bridgehead atoms. The van der Waals surface area contributed by atoms with Crippen LogP contribution in [-0.4, -0.2) is 42.3 Å². The summed E-state index contributed by atoms with van der Waals surface area (Å²) in [5.74, 6) is 0.639. The first-order chi connectivity index (χ1) is 17.0. The van der Waals surface area contributed by atoms with Crippen molar-refractivity contribution in [3.8, 4) is 0 Å². The summed E-state index contributed by atoms with van der Waals surface area (Å²) in [6.07, 6.45) is 6.06. The topological polar surface area (TPSA) is 52.7 Å². The molecule has 2 aromatic carbocycles. The van der Waals surface area contributed by atoms with E-state index in [2.05, 4.69) is 77.5 Å². The lowest BCUT2D eigenvalue weighted by Gasteiger charge is -2.27. The van der Waals surface area contributed by atoms with E-state index < -0.39 is 6.04 Å². The summed E-state index contributed by atoms with van der Waals surface area (Å²) in [6, 6.07) is 18.7. The van der Waals surface area contributed by atoms with Crippen molar-refractivity contribution in [1.29, 1.82) is 0 Å². The maximum absolute atomic E-state index is 13.5. The molecular weight excluding hydrogens is 434 g/mol. The van der Waals surface area contributed by atoms with Gasteiger partial charge in [0.1, 0.15) is 0 Å². The van der Waals surface area contributed by atoms with Crippen LogP contribution in [0.15, 0.2) is 54.6 Å². The van der Waals surface area contributed by atoms with Gasteiger partial charge in [0, 0.05) is 37.8 Å². The van der Waals surface area contributed by atoms with Crippen LogP contribution < -0.4 is 10.2 Å².